The van der Waals surface area contributed by atoms with Crippen LogP contribution in [-0.2, 0) is 17.8 Å². The van der Waals surface area contributed by atoms with Gasteiger partial charge in [0.25, 0.3) is 0 Å². The molecule has 1 aliphatic rings. The number of unbranched alkanes of at least 4 members (excludes halogenated alkanes) is 1. The Balaban J connectivity index is 1.94. The summed E-state index contributed by atoms with van der Waals surface area (Å²) in [7, 11) is 0. The zero-order valence-corrected chi connectivity index (χ0v) is 13.7. The minimum atomic E-state index is -0.0641. The summed E-state index contributed by atoms with van der Waals surface area (Å²) in [5, 5.41) is 12.5. The Morgan fingerprint density at radius 1 is 1.35 bits per heavy atom. The van der Waals surface area contributed by atoms with E-state index >= 15 is 0 Å². The monoisotopic (exact) mass is 342 g/mol. The molecule has 2 heterocycles. The van der Waals surface area contributed by atoms with Crippen molar-refractivity contribution in [3.63, 3.8) is 0 Å². The smallest absolute Gasteiger partial charge is 0.220 e. The highest BCUT2D eigenvalue weighted by molar-refractivity contribution is 9.09. The Morgan fingerprint density at radius 3 is 3.00 bits per heavy atom. The van der Waals surface area contributed by atoms with Crippen LogP contribution in [0, 0.1) is 0 Å². The van der Waals surface area contributed by atoms with E-state index in [1.165, 1.54) is 19.3 Å². The first-order valence-corrected chi connectivity index (χ1v) is 8.62. The molecule has 0 radical (unpaired) electrons. The third kappa shape index (κ3) is 4.04. The lowest BCUT2D eigenvalue weighted by Gasteiger charge is -2.15. The number of hydrogen-bond donors (Lipinski definition) is 1. The van der Waals surface area contributed by atoms with Crippen molar-refractivity contribution in [3.05, 3.63) is 11.6 Å². The third-order valence-electron chi connectivity index (χ3n) is 3.69. The first kappa shape index (κ1) is 15.5. The van der Waals surface area contributed by atoms with Crippen molar-refractivity contribution in [3.8, 4) is 0 Å². The summed E-state index contributed by atoms with van der Waals surface area (Å²) in [5.41, 5.74) is 0. The predicted octanol–water partition coefficient (Wildman–Crippen LogP) is 2.75. The van der Waals surface area contributed by atoms with Gasteiger partial charge < -0.3 is 9.88 Å². The molecule has 0 spiro atoms. The molecule has 1 atom stereocenters. The fourth-order valence-corrected chi connectivity index (χ4v) is 2.98. The minimum absolute atomic E-state index is 0.0641. The number of aromatic nitrogens is 3. The van der Waals surface area contributed by atoms with Crippen molar-refractivity contribution in [1.82, 2.24) is 20.1 Å². The number of fused-ring (bicyclic) bond motifs is 1. The molecule has 1 unspecified atom stereocenters. The van der Waals surface area contributed by atoms with Crippen LogP contribution >= 0.6 is 15.9 Å². The van der Waals surface area contributed by atoms with E-state index in [-0.39, 0.29) is 11.9 Å². The molecule has 1 aromatic rings. The third-order valence-corrected chi connectivity index (χ3v) is 4.25. The second-order valence-corrected chi connectivity index (χ2v) is 6.17. The molecule has 0 saturated carbocycles. The van der Waals surface area contributed by atoms with Gasteiger partial charge in [-0.3, -0.25) is 4.79 Å². The van der Waals surface area contributed by atoms with E-state index in [1.54, 1.807) is 0 Å². The van der Waals surface area contributed by atoms with Crippen LogP contribution in [0.2, 0.25) is 0 Å². The molecule has 112 valence electrons. The number of alkyl halides is 1. The lowest BCUT2D eigenvalue weighted by atomic mass is 10.2. The maximum atomic E-state index is 11.9. The number of aryl methyl sites for hydroxylation is 1. The molecule has 5 nitrogen and oxygen atoms in total. The minimum Gasteiger partial charge on any atom is -0.346 e. The lowest BCUT2D eigenvalue weighted by Crippen LogP contribution is -2.28. The number of amides is 1. The maximum absolute atomic E-state index is 11.9. The van der Waals surface area contributed by atoms with Gasteiger partial charge in [-0.25, -0.2) is 0 Å². The summed E-state index contributed by atoms with van der Waals surface area (Å²) >= 11 is 3.38. The van der Waals surface area contributed by atoms with Crippen LogP contribution < -0.4 is 5.32 Å². The number of hydrogen-bond acceptors (Lipinski definition) is 3. The first-order valence-electron chi connectivity index (χ1n) is 7.49. The lowest BCUT2D eigenvalue weighted by molar-refractivity contribution is -0.121. The van der Waals surface area contributed by atoms with Gasteiger partial charge in [0.1, 0.15) is 5.82 Å². The predicted molar refractivity (Wildman–Crippen MR) is 81.8 cm³/mol. The molecule has 0 saturated heterocycles. The van der Waals surface area contributed by atoms with Gasteiger partial charge in [-0.2, -0.15) is 0 Å². The van der Waals surface area contributed by atoms with Gasteiger partial charge in [-0.05, 0) is 32.6 Å². The first-order chi connectivity index (χ1) is 9.72. The summed E-state index contributed by atoms with van der Waals surface area (Å²) in [5.74, 6) is 2.07. The summed E-state index contributed by atoms with van der Waals surface area (Å²) < 4.78 is 2.19. The van der Waals surface area contributed by atoms with Gasteiger partial charge in [-0.15, -0.1) is 10.2 Å². The van der Waals surface area contributed by atoms with E-state index in [0.29, 0.717) is 6.42 Å². The Kier molecular flexibility index (Phi) is 6.01. The molecule has 0 bridgehead atoms. The van der Waals surface area contributed by atoms with Gasteiger partial charge in [0.15, 0.2) is 5.82 Å². The zero-order valence-electron chi connectivity index (χ0n) is 12.1. The van der Waals surface area contributed by atoms with Gasteiger partial charge in [0.2, 0.25) is 5.91 Å². The highest BCUT2D eigenvalue weighted by Crippen LogP contribution is 2.18. The molecule has 2 rings (SSSR count). The molecule has 1 amide bonds. The Morgan fingerprint density at radius 2 is 2.20 bits per heavy atom. The van der Waals surface area contributed by atoms with E-state index in [2.05, 4.69) is 36.0 Å². The number of rotatable bonds is 6. The topological polar surface area (TPSA) is 59.8 Å². The second-order valence-electron chi connectivity index (χ2n) is 5.37. The number of halogens is 1. The Labute approximate surface area is 128 Å². The van der Waals surface area contributed by atoms with E-state index in [9.17, 15) is 4.79 Å². The Bertz CT molecular complexity index is 446. The van der Waals surface area contributed by atoms with Crippen molar-refractivity contribution in [2.75, 3.05) is 5.33 Å². The number of nitrogens with one attached hydrogen (secondary N) is 1. The van der Waals surface area contributed by atoms with Crippen molar-refractivity contribution in [2.24, 2.45) is 0 Å². The largest absolute Gasteiger partial charge is 0.346 e. The fraction of sp³-hybridized carbons (Fsp3) is 0.786. The number of carbonyl (C=O) groups excluding carboxylic acids is 1. The van der Waals surface area contributed by atoms with E-state index < -0.39 is 0 Å². The maximum Gasteiger partial charge on any atom is 0.220 e. The van der Waals surface area contributed by atoms with Crippen LogP contribution in [0.25, 0.3) is 0 Å². The van der Waals surface area contributed by atoms with E-state index in [4.69, 9.17) is 0 Å². The van der Waals surface area contributed by atoms with Gasteiger partial charge in [0, 0.05) is 24.7 Å². The fourth-order valence-electron chi connectivity index (χ4n) is 2.59. The standard InChI is InChI=1S/C14H23BrN4O/c1-11(16-13(20)8-4-5-9-15)14-18-17-12-7-3-2-6-10-19(12)14/h11H,2-10H2,1H3,(H,16,20). The number of carbonyl (C=O) groups is 1. The average Bonchev–Trinajstić information content (AvgIpc) is 2.68. The SMILES string of the molecule is CC(NC(=O)CCCCBr)c1nnc2n1CCCCC2. The van der Waals surface area contributed by atoms with Crippen LogP contribution in [-0.4, -0.2) is 26.0 Å². The second kappa shape index (κ2) is 7.76. The van der Waals surface area contributed by atoms with Crippen LogP contribution in [0.1, 0.15) is 63.1 Å². The zero-order chi connectivity index (χ0) is 14.4. The molecule has 1 N–H and O–H groups in total. The van der Waals surface area contributed by atoms with Gasteiger partial charge in [0.05, 0.1) is 6.04 Å². The van der Waals surface area contributed by atoms with Crippen molar-refractivity contribution in [2.45, 2.75) is 64.5 Å². The van der Waals surface area contributed by atoms with E-state index in [0.717, 1.165) is 42.8 Å². The molecular formula is C14H23BrN4O. The van der Waals surface area contributed by atoms with Gasteiger partial charge >= 0.3 is 0 Å². The molecule has 1 aromatic heterocycles. The van der Waals surface area contributed by atoms with Gasteiger partial charge in [-0.1, -0.05) is 22.4 Å². The molecular weight excluding hydrogens is 320 g/mol. The highest BCUT2D eigenvalue weighted by Gasteiger charge is 2.20. The van der Waals surface area contributed by atoms with Crippen molar-refractivity contribution in [1.29, 1.82) is 0 Å². The number of nitrogens with zero attached hydrogens (tertiary/aromatic N) is 3. The van der Waals surface area contributed by atoms with Crippen LogP contribution in [0.4, 0.5) is 0 Å². The van der Waals surface area contributed by atoms with E-state index in [1.807, 2.05) is 6.92 Å². The summed E-state index contributed by atoms with van der Waals surface area (Å²) in [6.07, 6.45) is 7.13. The van der Waals surface area contributed by atoms with Crippen LogP contribution in [0.15, 0.2) is 0 Å². The Hall–Kier alpha value is -0.910. The van der Waals surface area contributed by atoms with Crippen molar-refractivity contribution >= 4 is 21.8 Å². The van der Waals surface area contributed by atoms with Crippen LogP contribution in [0.3, 0.4) is 0 Å². The molecule has 0 aromatic carbocycles. The molecule has 0 aliphatic carbocycles. The normalized spacial score (nSPS) is 16.3. The molecule has 1 aliphatic heterocycles. The summed E-state index contributed by atoms with van der Waals surface area (Å²) in [6, 6.07) is -0.0641. The average molecular weight is 343 g/mol. The molecule has 0 fully saturated rings. The molecule has 6 heteroatoms. The van der Waals surface area contributed by atoms with Crippen LogP contribution in [0.5, 0.6) is 0 Å². The summed E-state index contributed by atoms with van der Waals surface area (Å²) in [6.45, 7) is 2.96. The van der Waals surface area contributed by atoms with Crippen molar-refractivity contribution < 1.29 is 4.79 Å². The highest BCUT2D eigenvalue weighted by atomic mass is 79.9. The molecule has 20 heavy (non-hydrogen) atoms. The quantitative estimate of drug-likeness (QED) is 0.638. The summed E-state index contributed by atoms with van der Waals surface area (Å²) in [4.78, 5) is 11.9.